The van der Waals surface area contributed by atoms with Gasteiger partial charge in [-0.3, -0.25) is 10.1 Å². The number of aromatic nitrogens is 2. The third-order valence-electron chi connectivity index (χ3n) is 2.30. The van der Waals surface area contributed by atoms with E-state index in [9.17, 15) is 9.18 Å². The Morgan fingerprint density at radius 3 is 2.80 bits per heavy atom. The summed E-state index contributed by atoms with van der Waals surface area (Å²) in [7, 11) is 1.38. The lowest BCUT2D eigenvalue weighted by Crippen LogP contribution is -2.16. The Kier molecular flexibility index (Phi) is 3.99. The van der Waals surface area contributed by atoms with Crippen LogP contribution in [-0.2, 0) is 0 Å². The number of nitrogens with zero attached hydrogens (tertiary/aromatic N) is 2. The lowest BCUT2D eigenvalue weighted by molar-refractivity contribution is 0.102. The van der Waals surface area contributed by atoms with Crippen LogP contribution in [0, 0.1) is 5.82 Å². The largest absolute Gasteiger partial charge is 0.508 e. The molecule has 2 rings (SSSR count). The van der Waals surface area contributed by atoms with Crippen LogP contribution in [0.1, 0.15) is 10.4 Å². The van der Waals surface area contributed by atoms with Gasteiger partial charge >= 0.3 is 0 Å². The van der Waals surface area contributed by atoms with E-state index in [1.165, 1.54) is 19.2 Å². The fourth-order valence-electron chi connectivity index (χ4n) is 1.41. The first-order valence-corrected chi connectivity index (χ1v) is 5.76. The summed E-state index contributed by atoms with van der Waals surface area (Å²) in [5.41, 5.74) is -0.259. The Hall–Kier alpha value is -2.41. The first kappa shape index (κ1) is 14.0. The molecule has 0 aliphatic rings. The Balaban J connectivity index is 2.25. The fraction of sp³-hybridized carbons (Fsp3) is 0.0833. The SMILES string of the molecule is COc1cc(Cl)nc(NC(=O)c2ccc(O)cc2F)n1. The van der Waals surface area contributed by atoms with Crippen LogP contribution in [0.2, 0.25) is 5.15 Å². The predicted molar refractivity (Wildman–Crippen MR) is 69.6 cm³/mol. The van der Waals surface area contributed by atoms with Gasteiger partial charge < -0.3 is 9.84 Å². The minimum absolute atomic E-state index is 0.0679. The van der Waals surface area contributed by atoms with E-state index in [2.05, 4.69) is 15.3 Å². The van der Waals surface area contributed by atoms with Crippen LogP contribution in [0.3, 0.4) is 0 Å². The number of carbonyl (C=O) groups excluding carboxylic acids is 1. The lowest BCUT2D eigenvalue weighted by atomic mass is 10.2. The van der Waals surface area contributed by atoms with Crippen LogP contribution in [0.15, 0.2) is 24.3 Å². The molecule has 1 heterocycles. The molecular formula is C12H9ClFN3O3. The van der Waals surface area contributed by atoms with Gasteiger partial charge in [0.15, 0.2) is 0 Å². The van der Waals surface area contributed by atoms with Gasteiger partial charge in [0, 0.05) is 12.1 Å². The number of phenolic OH excluding ortho intramolecular Hbond substituents is 1. The van der Waals surface area contributed by atoms with Gasteiger partial charge in [0.05, 0.1) is 12.7 Å². The highest BCUT2D eigenvalue weighted by Gasteiger charge is 2.14. The molecule has 1 amide bonds. The van der Waals surface area contributed by atoms with Crippen molar-refractivity contribution in [1.82, 2.24) is 9.97 Å². The number of ether oxygens (including phenoxy) is 1. The summed E-state index contributed by atoms with van der Waals surface area (Å²) in [5.74, 6) is -1.87. The van der Waals surface area contributed by atoms with Crippen molar-refractivity contribution in [1.29, 1.82) is 0 Å². The summed E-state index contributed by atoms with van der Waals surface area (Å²) in [6, 6.07) is 4.52. The second-order valence-electron chi connectivity index (χ2n) is 3.67. The number of anilines is 1. The van der Waals surface area contributed by atoms with E-state index in [-0.39, 0.29) is 28.3 Å². The van der Waals surface area contributed by atoms with E-state index in [1.54, 1.807) is 0 Å². The average Bonchev–Trinajstić information content (AvgIpc) is 2.37. The molecule has 0 fully saturated rings. The maximum Gasteiger partial charge on any atom is 0.261 e. The van der Waals surface area contributed by atoms with Crippen molar-refractivity contribution in [2.75, 3.05) is 12.4 Å². The van der Waals surface area contributed by atoms with Crippen LogP contribution in [0.4, 0.5) is 10.3 Å². The van der Waals surface area contributed by atoms with Gasteiger partial charge in [0.1, 0.15) is 16.7 Å². The summed E-state index contributed by atoms with van der Waals surface area (Å²) >= 11 is 5.72. The minimum Gasteiger partial charge on any atom is -0.508 e. The highest BCUT2D eigenvalue weighted by molar-refractivity contribution is 6.29. The third kappa shape index (κ3) is 3.12. The molecule has 20 heavy (non-hydrogen) atoms. The number of amides is 1. The fourth-order valence-corrected chi connectivity index (χ4v) is 1.59. The number of aromatic hydroxyl groups is 1. The van der Waals surface area contributed by atoms with Gasteiger partial charge in [0.2, 0.25) is 11.8 Å². The van der Waals surface area contributed by atoms with Crippen molar-refractivity contribution in [3.8, 4) is 11.6 Å². The number of halogens is 2. The number of carbonyl (C=O) groups is 1. The molecule has 0 saturated heterocycles. The summed E-state index contributed by atoms with van der Waals surface area (Å²) in [4.78, 5) is 19.5. The molecule has 2 N–H and O–H groups in total. The number of phenols is 1. The summed E-state index contributed by atoms with van der Waals surface area (Å²) < 4.78 is 18.4. The van der Waals surface area contributed by atoms with E-state index in [1.807, 2.05) is 0 Å². The van der Waals surface area contributed by atoms with Gasteiger partial charge in [-0.15, -0.1) is 0 Å². The Bertz CT molecular complexity index is 666. The molecule has 0 aliphatic heterocycles. The monoisotopic (exact) mass is 297 g/mol. The van der Waals surface area contributed by atoms with Crippen LogP contribution >= 0.6 is 11.6 Å². The standard InChI is InChI=1S/C12H9ClFN3O3/c1-20-10-5-9(13)15-12(16-10)17-11(19)7-3-2-6(18)4-8(7)14/h2-5,18H,1H3,(H,15,16,17,19). The normalized spacial score (nSPS) is 10.2. The van der Waals surface area contributed by atoms with E-state index >= 15 is 0 Å². The van der Waals surface area contributed by atoms with E-state index in [0.717, 1.165) is 12.1 Å². The van der Waals surface area contributed by atoms with Gasteiger partial charge in [-0.1, -0.05) is 11.6 Å². The highest BCUT2D eigenvalue weighted by Crippen LogP contribution is 2.18. The van der Waals surface area contributed by atoms with Gasteiger partial charge in [-0.2, -0.15) is 4.98 Å². The molecule has 0 spiro atoms. The van der Waals surface area contributed by atoms with Crippen molar-refractivity contribution in [2.45, 2.75) is 0 Å². The summed E-state index contributed by atoms with van der Waals surface area (Å²) in [6.07, 6.45) is 0. The zero-order valence-electron chi connectivity index (χ0n) is 10.2. The summed E-state index contributed by atoms with van der Waals surface area (Å²) in [5, 5.41) is 11.4. The first-order chi connectivity index (χ1) is 9.49. The molecule has 0 saturated carbocycles. The molecule has 0 bridgehead atoms. The van der Waals surface area contributed by atoms with Crippen LogP contribution in [0.5, 0.6) is 11.6 Å². The molecular weight excluding hydrogens is 289 g/mol. The minimum atomic E-state index is -0.864. The Labute approximate surface area is 118 Å². The number of rotatable bonds is 3. The van der Waals surface area contributed by atoms with Crippen molar-refractivity contribution >= 4 is 23.5 Å². The zero-order chi connectivity index (χ0) is 14.7. The average molecular weight is 298 g/mol. The van der Waals surface area contributed by atoms with Gasteiger partial charge in [-0.05, 0) is 12.1 Å². The second kappa shape index (κ2) is 5.70. The van der Waals surface area contributed by atoms with Gasteiger partial charge in [-0.25, -0.2) is 9.37 Å². The lowest BCUT2D eigenvalue weighted by Gasteiger charge is -2.06. The smallest absolute Gasteiger partial charge is 0.261 e. The molecule has 6 nitrogen and oxygen atoms in total. The number of benzene rings is 1. The number of nitrogens with one attached hydrogen (secondary N) is 1. The second-order valence-corrected chi connectivity index (χ2v) is 4.06. The molecule has 1 aromatic carbocycles. The predicted octanol–water partition coefficient (Wildman–Crippen LogP) is 2.24. The van der Waals surface area contributed by atoms with Crippen molar-refractivity contribution in [3.05, 3.63) is 40.8 Å². The quantitative estimate of drug-likeness (QED) is 0.849. The molecule has 0 radical (unpaired) electrons. The van der Waals surface area contributed by atoms with Gasteiger partial charge in [0.25, 0.3) is 5.91 Å². The molecule has 0 aliphatic carbocycles. The zero-order valence-corrected chi connectivity index (χ0v) is 11.0. The van der Waals surface area contributed by atoms with E-state index in [4.69, 9.17) is 21.4 Å². The molecule has 0 atom stereocenters. The molecule has 104 valence electrons. The number of hydrogen-bond donors (Lipinski definition) is 2. The number of methoxy groups -OCH3 is 1. The topological polar surface area (TPSA) is 84.3 Å². The van der Waals surface area contributed by atoms with Crippen LogP contribution in [0.25, 0.3) is 0 Å². The molecule has 2 aromatic rings. The summed E-state index contributed by atoms with van der Waals surface area (Å²) in [6.45, 7) is 0. The van der Waals surface area contributed by atoms with Crippen molar-refractivity contribution < 1.29 is 19.0 Å². The van der Waals surface area contributed by atoms with Crippen LogP contribution < -0.4 is 10.1 Å². The molecule has 8 heteroatoms. The Morgan fingerprint density at radius 1 is 1.40 bits per heavy atom. The Morgan fingerprint density at radius 2 is 2.15 bits per heavy atom. The maximum absolute atomic E-state index is 13.5. The van der Waals surface area contributed by atoms with E-state index in [0.29, 0.717) is 0 Å². The van der Waals surface area contributed by atoms with Crippen LogP contribution in [-0.4, -0.2) is 28.1 Å². The highest BCUT2D eigenvalue weighted by atomic mass is 35.5. The first-order valence-electron chi connectivity index (χ1n) is 5.38. The number of hydrogen-bond acceptors (Lipinski definition) is 5. The maximum atomic E-state index is 13.5. The van der Waals surface area contributed by atoms with Crippen molar-refractivity contribution in [3.63, 3.8) is 0 Å². The molecule has 0 unspecified atom stereocenters. The molecule has 1 aromatic heterocycles. The third-order valence-corrected chi connectivity index (χ3v) is 2.50. The van der Waals surface area contributed by atoms with E-state index < -0.39 is 11.7 Å². The van der Waals surface area contributed by atoms with Crippen molar-refractivity contribution in [2.24, 2.45) is 0 Å².